The lowest BCUT2D eigenvalue weighted by atomic mass is 9.78. The molecule has 0 fully saturated rings. The van der Waals surface area contributed by atoms with Gasteiger partial charge in [0.2, 0.25) is 0 Å². The molecular weight excluding hydrogens is 270 g/mol. The van der Waals surface area contributed by atoms with Gasteiger partial charge in [0, 0.05) is 18.3 Å². The van der Waals surface area contributed by atoms with E-state index in [0.717, 1.165) is 0 Å². The summed E-state index contributed by atoms with van der Waals surface area (Å²) < 4.78 is 0. The van der Waals surface area contributed by atoms with Crippen molar-refractivity contribution in [3.05, 3.63) is 22.7 Å². The van der Waals surface area contributed by atoms with Crippen LogP contribution in [0.5, 0.6) is 0 Å². The fraction of sp³-hybridized carbons (Fsp3) is 0.562. The average molecular weight is 295 g/mol. The van der Waals surface area contributed by atoms with Crippen LogP contribution in [0.25, 0.3) is 0 Å². The first-order valence-corrected chi connectivity index (χ1v) is 6.82. The van der Waals surface area contributed by atoms with E-state index >= 15 is 0 Å². The van der Waals surface area contributed by atoms with Gasteiger partial charge >= 0.3 is 0 Å². The molecule has 0 rings (SSSR count). The van der Waals surface area contributed by atoms with Crippen molar-refractivity contribution in [2.75, 3.05) is 6.54 Å². The van der Waals surface area contributed by atoms with E-state index in [2.05, 4.69) is 4.99 Å². The van der Waals surface area contributed by atoms with Crippen LogP contribution < -0.4 is 0 Å². The average Bonchev–Trinajstić information content (AvgIpc) is 2.25. The van der Waals surface area contributed by atoms with Crippen molar-refractivity contribution in [3.8, 4) is 0 Å². The third kappa shape index (κ3) is 5.94. The number of ketones is 2. The van der Waals surface area contributed by atoms with Crippen molar-refractivity contribution in [1.29, 1.82) is 0 Å². The largest absolute Gasteiger partial charge is 0.512 e. The number of aliphatic imine (C=N–C) groups is 1. The highest BCUT2D eigenvalue weighted by Gasteiger charge is 2.28. The maximum atomic E-state index is 11.6. The van der Waals surface area contributed by atoms with Crippen molar-refractivity contribution >= 4 is 17.8 Å². The maximum Gasteiger partial charge on any atom is 0.164 e. The summed E-state index contributed by atoms with van der Waals surface area (Å²) in [5.41, 5.74) is 0.0444. The minimum atomic E-state index is -0.517. The van der Waals surface area contributed by atoms with Gasteiger partial charge in [-0.25, -0.2) is 0 Å². The first-order chi connectivity index (χ1) is 9.50. The maximum absolute atomic E-state index is 11.6. The van der Waals surface area contributed by atoms with E-state index < -0.39 is 5.41 Å². The van der Waals surface area contributed by atoms with Crippen molar-refractivity contribution < 1.29 is 19.8 Å². The zero-order chi connectivity index (χ0) is 16.8. The van der Waals surface area contributed by atoms with Crippen LogP contribution in [-0.4, -0.2) is 34.5 Å². The van der Waals surface area contributed by atoms with Crippen molar-refractivity contribution in [2.24, 2.45) is 10.4 Å². The van der Waals surface area contributed by atoms with Gasteiger partial charge in [-0.2, -0.15) is 0 Å². The summed E-state index contributed by atoms with van der Waals surface area (Å²) >= 11 is 0. The number of aliphatic hydroxyl groups excluding tert-OH is 2. The molecule has 0 saturated carbocycles. The summed E-state index contributed by atoms with van der Waals surface area (Å²) in [7, 11) is 0. The van der Waals surface area contributed by atoms with Crippen LogP contribution in [0.2, 0.25) is 0 Å². The molecule has 0 aromatic carbocycles. The van der Waals surface area contributed by atoms with E-state index in [9.17, 15) is 19.8 Å². The number of nitrogens with zero attached hydrogens (tertiary/aromatic N) is 1. The number of hydrogen-bond acceptors (Lipinski definition) is 5. The molecule has 0 amide bonds. The summed E-state index contributed by atoms with van der Waals surface area (Å²) in [6.07, 6.45) is 1.88. The summed E-state index contributed by atoms with van der Waals surface area (Å²) in [6.45, 7) is 9.80. The zero-order valence-electron chi connectivity index (χ0n) is 13.6. The normalized spacial score (nSPS) is 14.8. The van der Waals surface area contributed by atoms with Gasteiger partial charge in [-0.3, -0.25) is 14.6 Å². The Balaban J connectivity index is 4.96. The Kier molecular flexibility index (Phi) is 7.06. The van der Waals surface area contributed by atoms with E-state index in [1.807, 2.05) is 13.8 Å². The van der Waals surface area contributed by atoms with Crippen LogP contribution in [0.1, 0.15) is 48.0 Å². The predicted molar refractivity (Wildman–Crippen MR) is 83.8 cm³/mol. The second-order valence-electron chi connectivity index (χ2n) is 5.74. The van der Waals surface area contributed by atoms with E-state index in [1.165, 1.54) is 33.9 Å². The summed E-state index contributed by atoms with van der Waals surface area (Å²) in [4.78, 5) is 27.0. The molecule has 0 bridgehead atoms. The molecule has 2 N–H and O–H groups in total. The summed E-state index contributed by atoms with van der Waals surface area (Å²) in [6, 6.07) is 0. The molecule has 5 nitrogen and oxygen atoms in total. The first kappa shape index (κ1) is 19.1. The van der Waals surface area contributed by atoms with Crippen LogP contribution in [0.3, 0.4) is 0 Å². The second kappa shape index (κ2) is 7.76. The van der Waals surface area contributed by atoms with Gasteiger partial charge in [-0.15, -0.1) is 0 Å². The highest BCUT2D eigenvalue weighted by Crippen LogP contribution is 2.32. The van der Waals surface area contributed by atoms with Gasteiger partial charge in [0.05, 0.1) is 11.3 Å². The quantitative estimate of drug-likeness (QED) is 0.428. The molecule has 21 heavy (non-hydrogen) atoms. The molecule has 0 aliphatic rings. The lowest BCUT2D eigenvalue weighted by Crippen LogP contribution is -2.22. The molecule has 0 spiro atoms. The number of aliphatic hydroxyl groups is 2. The molecule has 0 aliphatic carbocycles. The lowest BCUT2D eigenvalue weighted by Gasteiger charge is -2.26. The van der Waals surface area contributed by atoms with Crippen molar-refractivity contribution in [1.82, 2.24) is 0 Å². The fourth-order valence-corrected chi connectivity index (χ4v) is 2.28. The third-order valence-electron chi connectivity index (χ3n) is 3.25. The molecule has 0 aromatic heterocycles. The van der Waals surface area contributed by atoms with Crippen molar-refractivity contribution in [2.45, 2.75) is 48.0 Å². The topological polar surface area (TPSA) is 87.0 Å². The Bertz CT molecular complexity index is 502. The predicted octanol–water partition coefficient (Wildman–Crippen LogP) is 3.32. The minimum absolute atomic E-state index is 0.0204. The van der Waals surface area contributed by atoms with E-state index in [-0.39, 0.29) is 28.7 Å². The second-order valence-corrected chi connectivity index (χ2v) is 5.74. The molecule has 0 aliphatic heterocycles. The number of carbonyl (C=O) groups excluding carboxylic acids is 2. The summed E-state index contributed by atoms with van der Waals surface area (Å²) in [5, 5.41) is 19.0. The highest BCUT2D eigenvalue weighted by atomic mass is 16.3. The van der Waals surface area contributed by atoms with Crippen LogP contribution >= 0.6 is 0 Å². The van der Waals surface area contributed by atoms with Crippen LogP contribution in [0.4, 0.5) is 0 Å². The smallest absolute Gasteiger partial charge is 0.164 e. The molecule has 0 aromatic rings. The van der Waals surface area contributed by atoms with E-state index in [4.69, 9.17) is 0 Å². The lowest BCUT2D eigenvalue weighted by molar-refractivity contribution is -0.115. The van der Waals surface area contributed by atoms with Gasteiger partial charge < -0.3 is 10.2 Å². The molecule has 0 radical (unpaired) electrons. The standard InChI is InChI=1S/C16H25NO4/c1-10(18)14(11(2)19)9-17-8-7-16(5,6)15(12(3)20)13(4)21/h9,18,20H,7-8H2,1-6H3/b14-10+,15-12-,17-9+. The van der Waals surface area contributed by atoms with Gasteiger partial charge in [0.15, 0.2) is 11.6 Å². The van der Waals surface area contributed by atoms with E-state index in [0.29, 0.717) is 18.5 Å². The Morgan fingerprint density at radius 1 is 1.00 bits per heavy atom. The Labute approximate surface area is 126 Å². The minimum Gasteiger partial charge on any atom is -0.512 e. The van der Waals surface area contributed by atoms with E-state index in [1.54, 1.807) is 0 Å². The summed E-state index contributed by atoms with van der Waals surface area (Å²) in [5.74, 6) is -0.471. The highest BCUT2D eigenvalue weighted by molar-refractivity contribution is 6.12. The molecule has 0 heterocycles. The van der Waals surface area contributed by atoms with Gasteiger partial charge in [-0.05, 0) is 39.5 Å². The SMILES string of the molecule is CC(=O)C(/C=N/CCC(C)(C)/C(C(C)=O)=C(/C)O)=C(\C)O. The third-order valence-corrected chi connectivity index (χ3v) is 3.25. The number of hydrogen-bond donors (Lipinski definition) is 2. The van der Waals surface area contributed by atoms with Gasteiger partial charge in [-0.1, -0.05) is 13.8 Å². The van der Waals surface area contributed by atoms with Crippen molar-refractivity contribution in [3.63, 3.8) is 0 Å². The van der Waals surface area contributed by atoms with Gasteiger partial charge in [0.1, 0.15) is 5.76 Å². The first-order valence-electron chi connectivity index (χ1n) is 6.82. The van der Waals surface area contributed by atoms with Crippen LogP contribution in [0, 0.1) is 5.41 Å². The van der Waals surface area contributed by atoms with Gasteiger partial charge in [0.25, 0.3) is 0 Å². The molecule has 0 unspecified atom stereocenters. The van der Waals surface area contributed by atoms with Crippen LogP contribution in [-0.2, 0) is 9.59 Å². The fourth-order valence-electron chi connectivity index (χ4n) is 2.28. The number of allylic oxidation sites excluding steroid dienone is 4. The number of Topliss-reactive ketones (excluding diaryl/α,β-unsaturated/α-hetero) is 2. The molecule has 0 saturated heterocycles. The number of carbonyl (C=O) groups is 2. The molecule has 0 atom stereocenters. The Hall–Kier alpha value is -1.91. The monoisotopic (exact) mass is 295 g/mol. The molecule has 118 valence electrons. The van der Waals surface area contributed by atoms with Crippen LogP contribution in [0.15, 0.2) is 27.7 Å². The zero-order valence-corrected chi connectivity index (χ0v) is 13.6. The Morgan fingerprint density at radius 3 is 1.86 bits per heavy atom. The number of rotatable bonds is 7. The molecular formula is C16H25NO4. The Morgan fingerprint density at radius 2 is 1.52 bits per heavy atom. The molecule has 5 heteroatoms.